The zero-order chi connectivity index (χ0) is 18.5. The predicted molar refractivity (Wildman–Crippen MR) is 93.7 cm³/mol. The number of fused-ring (bicyclic) bond motifs is 2. The van der Waals surface area contributed by atoms with E-state index >= 15 is 0 Å². The molecule has 0 saturated carbocycles. The molecule has 2 aliphatic heterocycles. The molecular weight excluding hydrogens is 358 g/mol. The van der Waals surface area contributed by atoms with E-state index in [1.54, 1.807) is 12.1 Å². The number of hydrogen-bond acceptors (Lipinski definition) is 5. The zero-order valence-electron chi connectivity index (χ0n) is 14.0. The fourth-order valence-electron chi connectivity index (χ4n) is 3.45. The molecule has 1 N–H and O–H groups in total. The van der Waals surface area contributed by atoms with Crippen LogP contribution in [0.4, 0.5) is 5.69 Å². The lowest BCUT2D eigenvalue weighted by atomic mass is 10.1. The Hall–Kier alpha value is -2.74. The lowest BCUT2D eigenvalue weighted by Gasteiger charge is -2.26. The maximum absolute atomic E-state index is 13.3. The summed E-state index contributed by atoms with van der Waals surface area (Å²) >= 11 is 0. The number of ether oxygens (including phenoxy) is 2. The van der Waals surface area contributed by atoms with Crippen molar-refractivity contribution in [1.82, 2.24) is 0 Å². The average molecular weight is 375 g/mol. The molecule has 2 aliphatic rings. The Kier molecular flexibility index (Phi) is 3.80. The van der Waals surface area contributed by atoms with Crippen LogP contribution in [0.15, 0.2) is 41.3 Å². The number of nitrogens with zero attached hydrogens (tertiary/aromatic N) is 1. The predicted octanol–water partition coefficient (Wildman–Crippen LogP) is 2.30. The van der Waals surface area contributed by atoms with Crippen molar-refractivity contribution in [3.63, 3.8) is 0 Å². The number of anilines is 1. The van der Waals surface area contributed by atoms with Gasteiger partial charge in [0.05, 0.1) is 10.6 Å². The molecule has 0 saturated heterocycles. The normalized spacial score (nSPS) is 18.5. The van der Waals surface area contributed by atoms with Gasteiger partial charge in [-0.3, -0.25) is 4.31 Å². The van der Waals surface area contributed by atoms with Gasteiger partial charge < -0.3 is 14.6 Å². The fraction of sp³-hybridized carbons (Fsp3) is 0.278. The highest BCUT2D eigenvalue weighted by atomic mass is 32.2. The van der Waals surface area contributed by atoms with Crippen LogP contribution in [0.1, 0.15) is 22.8 Å². The first-order valence-electron chi connectivity index (χ1n) is 8.19. The Bertz CT molecular complexity index is 1000. The molecule has 26 heavy (non-hydrogen) atoms. The van der Waals surface area contributed by atoms with E-state index in [1.807, 2.05) is 19.1 Å². The Morgan fingerprint density at radius 1 is 1.19 bits per heavy atom. The van der Waals surface area contributed by atoms with Gasteiger partial charge in [0, 0.05) is 12.1 Å². The van der Waals surface area contributed by atoms with Crippen LogP contribution in [-0.2, 0) is 16.4 Å². The Morgan fingerprint density at radius 2 is 1.92 bits per heavy atom. The molecule has 1 atom stereocenters. The van der Waals surface area contributed by atoms with E-state index in [2.05, 4.69) is 0 Å². The molecule has 4 rings (SSSR count). The molecule has 1 unspecified atom stereocenters. The molecule has 2 aromatic rings. The van der Waals surface area contributed by atoms with Gasteiger partial charge in [0.25, 0.3) is 10.0 Å². The van der Waals surface area contributed by atoms with Gasteiger partial charge in [-0.1, -0.05) is 18.2 Å². The molecule has 136 valence electrons. The number of carboxylic acid groups (broad SMARTS) is 1. The van der Waals surface area contributed by atoms with Crippen molar-refractivity contribution in [2.45, 2.75) is 24.3 Å². The van der Waals surface area contributed by atoms with Crippen molar-refractivity contribution < 1.29 is 27.8 Å². The zero-order valence-corrected chi connectivity index (χ0v) is 14.8. The standard InChI is InChI=1S/C18H17NO6S/c1-11-8-12-4-2-3-5-15(12)19(11)26(22,23)13-9-14(18(20)21)17-16(10-13)24-6-7-25-17/h2-5,9-11H,6-8H2,1H3,(H,20,21). The van der Waals surface area contributed by atoms with Crippen LogP contribution in [0.3, 0.4) is 0 Å². The maximum atomic E-state index is 13.3. The topological polar surface area (TPSA) is 93.1 Å². The largest absolute Gasteiger partial charge is 0.486 e. The van der Waals surface area contributed by atoms with Gasteiger partial charge in [-0.25, -0.2) is 13.2 Å². The number of benzene rings is 2. The molecule has 7 nitrogen and oxygen atoms in total. The minimum atomic E-state index is -3.96. The molecule has 0 amide bonds. The minimum absolute atomic E-state index is 0.0672. The van der Waals surface area contributed by atoms with E-state index in [0.717, 1.165) is 11.6 Å². The third-order valence-electron chi connectivity index (χ3n) is 4.55. The van der Waals surface area contributed by atoms with E-state index < -0.39 is 16.0 Å². The SMILES string of the molecule is CC1Cc2ccccc2N1S(=O)(=O)c1cc2c(c(C(=O)O)c1)OCCO2. The quantitative estimate of drug-likeness (QED) is 0.885. The highest BCUT2D eigenvalue weighted by Gasteiger charge is 2.37. The van der Waals surface area contributed by atoms with Gasteiger partial charge in [-0.05, 0) is 31.0 Å². The van der Waals surface area contributed by atoms with E-state index in [0.29, 0.717) is 12.1 Å². The van der Waals surface area contributed by atoms with Crippen molar-refractivity contribution in [2.24, 2.45) is 0 Å². The van der Waals surface area contributed by atoms with E-state index in [9.17, 15) is 18.3 Å². The number of rotatable bonds is 3. The molecule has 2 heterocycles. The molecule has 0 aromatic heterocycles. The van der Waals surface area contributed by atoms with Crippen LogP contribution in [0.25, 0.3) is 0 Å². The van der Waals surface area contributed by atoms with Gasteiger partial charge in [-0.15, -0.1) is 0 Å². The summed E-state index contributed by atoms with van der Waals surface area (Å²) in [6, 6.07) is 9.52. The minimum Gasteiger partial charge on any atom is -0.486 e. The summed E-state index contributed by atoms with van der Waals surface area (Å²) in [6.45, 7) is 2.28. The fourth-order valence-corrected chi connectivity index (χ4v) is 5.19. The van der Waals surface area contributed by atoms with Crippen LogP contribution in [0.2, 0.25) is 0 Å². The van der Waals surface area contributed by atoms with Crippen molar-refractivity contribution in [1.29, 1.82) is 0 Å². The number of sulfonamides is 1. The van der Waals surface area contributed by atoms with Crippen LogP contribution in [0, 0.1) is 0 Å². The number of aromatic carboxylic acids is 1. The Balaban J connectivity index is 1.87. The lowest BCUT2D eigenvalue weighted by Crippen LogP contribution is -2.36. The third kappa shape index (κ3) is 2.48. The molecule has 0 bridgehead atoms. The first kappa shape index (κ1) is 16.7. The monoisotopic (exact) mass is 375 g/mol. The van der Waals surface area contributed by atoms with E-state index in [4.69, 9.17) is 9.47 Å². The second-order valence-corrected chi connectivity index (χ2v) is 8.10. The van der Waals surface area contributed by atoms with Gasteiger partial charge >= 0.3 is 5.97 Å². The highest BCUT2D eigenvalue weighted by molar-refractivity contribution is 7.92. The molecule has 0 fully saturated rings. The third-order valence-corrected chi connectivity index (χ3v) is 6.45. The first-order chi connectivity index (χ1) is 12.4. The highest BCUT2D eigenvalue weighted by Crippen LogP contribution is 2.41. The van der Waals surface area contributed by atoms with Crippen LogP contribution < -0.4 is 13.8 Å². The van der Waals surface area contributed by atoms with Gasteiger partial charge in [0.15, 0.2) is 11.5 Å². The molecular formula is C18H17NO6S. The second-order valence-electron chi connectivity index (χ2n) is 6.28. The summed E-state index contributed by atoms with van der Waals surface area (Å²) in [6.07, 6.45) is 0.603. The average Bonchev–Trinajstić information content (AvgIpc) is 2.96. The van der Waals surface area contributed by atoms with Crippen molar-refractivity contribution in [3.05, 3.63) is 47.5 Å². The lowest BCUT2D eigenvalue weighted by molar-refractivity contribution is 0.0685. The first-order valence-corrected chi connectivity index (χ1v) is 9.63. The molecule has 2 aromatic carbocycles. The number of para-hydroxylation sites is 1. The molecule has 8 heteroatoms. The summed E-state index contributed by atoms with van der Waals surface area (Å²) in [5.74, 6) is -1.06. The smallest absolute Gasteiger partial charge is 0.339 e. The molecule has 0 aliphatic carbocycles. The summed E-state index contributed by atoms with van der Waals surface area (Å²) in [5, 5.41) is 9.46. The van der Waals surface area contributed by atoms with Crippen LogP contribution in [-0.4, -0.2) is 38.7 Å². The van der Waals surface area contributed by atoms with Crippen LogP contribution in [0.5, 0.6) is 11.5 Å². The second kappa shape index (κ2) is 5.91. The summed E-state index contributed by atoms with van der Waals surface area (Å²) in [7, 11) is -3.96. The van der Waals surface area contributed by atoms with Crippen molar-refractivity contribution in [2.75, 3.05) is 17.5 Å². The molecule has 0 spiro atoms. The maximum Gasteiger partial charge on any atom is 0.339 e. The van der Waals surface area contributed by atoms with Gasteiger partial charge in [0.2, 0.25) is 0 Å². The van der Waals surface area contributed by atoms with Gasteiger partial charge in [-0.2, -0.15) is 0 Å². The van der Waals surface area contributed by atoms with Crippen molar-refractivity contribution >= 4 is 21.7 Å². The summed E-state index contributed by atoms with van der Waals surface area (Å²) in [4.78, 5) is 11.5. The van der Waals surface area contributed by atoms with E-state index in [-0.39, 0.29) is 41.2 Å². The van der Waals surface area contributed by atoms with Crippen molar-refractivity contribution in [3.8, 4) is 11.5 Å². The van der Waals surface area contributed by atoms with E-state index in [1.165, 1.54) is 10.4 Å². The summed E-state index contributed by atoms with van der Waals surface area (Å²) < 4.78 is 38.8. The Morgan fingerprint density at radius 3 is 2.69 bits per heavy atom. The number of hydrogen-bond donors (Lipinski definition) is 1. The van der Waals surface area contributed by atoms with Gasteiger partial charge in [0.1, 0.15) is 18.8 Å². The Labute approximate surface area is 150 Å². The van der Waals surface area contributed by atoms with Crippen LogP contribution >= 0.6 is 0 Å². The molecule has 0 radical (unpaired) electrons. The summed E-state index contributed by atoms with van der Waals surface area (Å²) in [5.41, 5.74) is 1.34. The number of carboxylic acids is 1. The number of carbonyl (C=O) groups is 1.